The van der Waals surface area contributed by atoms with Crippen molar-refractivity contribution in [3.05, 3.63) is 64.6 Å². The Morgan fingerprint density at radius 2 is 1.89 bits per heavy atom. The van der Waals surface area contributed by atoms with E-state index in [4.69, 9.17) is 16.3 Å². The summed E-state index contributed by atoms with van der Waals surface area (Å²) in [7, 11) is 1.59. The van der Waals surface area contributed by atoms with Crippen LogP contribution in [0.2, 0.25) is 5.02 Å². The number of halogens is 4. The molecule has 0 bridgehead atoms. The number of piperidine rings is 1. The summed E-state index contributed by atoms with van der Waals surface area (Å²) in [4.78, 5) is 18.7. The highest BCUT2D eigenvalue weighted by Gasteiger charge is 2.40. The second-order valence-electron chi connectivity index (χ2n) is 9.42. The minimum absolute atomic E-state index is 0.247. The molecule has 1 aromatic heterocycles. The first-order chi connectivity index (χ1) is 17.7. The second kappa shape index (κ2) is 11.6. The summed E-state index contributed by atoms with van der Waals surface area (Å²) in [5, 5.41) is 14.2. The van der Waals surface area contributed by atoms with Gasteiger partial charge in [-0.3, -0.25) is 9.78 Å². The van der Waals surface area contributed by atoms with Crippen LogP contribution < -0.4 is 10.1 Å². The van der Waals surface area contributed by atoms with E-state index in [2.05, 4.69) is 15.2 Å². The summed E-state index contributed by atoms with van der Waals surface area (Å²) in [5.41, 5.74) is 0.523. The third-order valence-corrected chi connectivity index (χ3v) is 7.55. The van der Waals surface area contributed by atoms with Gasteiger partial charge in [0.25, 0.3) is 0 Å². The van der Waals surface area contributed by atoms with E-state index in [-0.39, 0.29) is 12.2 Å². The van der Waals surface area contributed by atoms with Gasteiger partial charge in [0, 0.05) is 36.8 Å². The molecule has 1 aliphatic heterocycles. The average molecular weight is 536 g/mol. The topological polar surface area (TPSA) is 74.7 Å². The van der Waals surface area contributed by atoms with Crippen molar-refractivity contribution in [3.8, 4) is 5.75 Å². The number of fused-ring (bicyclic) bond motifs is 1. The molecule has 2 aromatic carbocycles. The number of aryl methyl sites for hydroxylation is 1. The summed E-state index contributed by atoms with van der Waals surface area (Å²) < 4.78 is 46.1. The molecule has 6 nitrogen and oxygen atoms in total. The number of benzene rings is 2. The third-order valence-electron chi connectivity index (χ3n) is 7.22. The lowest BCUT2D eigenvalue weighted by Crippen LogP contribution is -2.45. The number of aliphatic carboxylic acids is 1. The van der Waals surface area contributed by atoms with Crippen LogP contribution in [-0.2, 0) is 11.2 Å². The van der Waals surface area contributed by atoms with Gasteiger partial charge in [-0.25, -0.2) is 13.2 Å². The van der Waals surface area contributed by atoms with Crippen LogP contribution in [0.1, 0.15) is 31.2 Å². The highest BCUT2D eigenvalue weighted by molar-refractivity contribution is 6.32. The average Bonchev–Trinajstić information content (AvgIpc) is 2.87. The number of carboxylic acids is 1. The molecule has 4 rings (SSSR count). The molecule has 37 heavy (non-hydrogen) atoms. The Morgan fingerprint density at radius 3 is 2.54 bits per heavy atom. The predicted molar refractivity (Wildman–Crippen MR) is 137 cm³/mol. The van der Waals surface area contributed by atoms with Crippen LogP contribution in [0.25, 0.3) is 10.9 Å². The molecular formula is C27H29ClF3N3O3. The molecule has 0 spiro atoms. The standard InChI is InChI=1S/C27H29ClF3N3O3/c1-37-18-4-5-24-20(15-18)19(21(28)16-33-24)3-2-6-27(26(35)36)7-10-34(11-8-27)12-9-32-25-22(30)13-17(29)14-23(25)31/h4-5,13-16,32H,2-3,6-12H2,1H3,(H,35,36). The Morgan fingerprint density at radius 1 is 1.19 bits per heavy atom. The van der Waals surface area contributed by atoms with Crippen molar-refractivity contribution in [1.29, 1.82) is 0 Å². The molecule has 0 atom stereocenters. The van der Waals surface area contributed by atoms with Gasteiger partial charge in [0.2, 0.25) is 0 Å². The Kier molecular flexibility index (Phi) is 8.44. The van der Waals surface area contributed by atoms with E-state index in [1.54, 1.807) is 13.3 Å². The molecule has 0 amide bonds. The fraction of sp³-hybridized carbons (Fsp3) is 0.407. The fourth-order valence-corrected chi connectivity index (χ4v) is 5.26. The van der Waals surface area contributed by atoms with Crippen molar-refractivity contribution in [2.75, 3.05) is 38.6 Å². The highest BCUT2D eigenvalue weighted by Crippen LogP contribution is 2.38. The maximum Gasteiger partial charge on any atom is 0.309 e. The quantitative estimate of drug-likeness (QED) is 0.336. The number of pyridine rings is 1. The summed E-state index contributed by atoms with van der Waals surface area (Å²) in [5.74, 6) is -3.05. The van der Waals surface area contributed by atoms with Gasteiger partial charge in [-0.15, -0.1) is 0 Å². The van der Waals surface area contributed by atoms with Crippen LogP contribution in [0.15, 0.2) is 36.5 Å². The number of methoxy groups -OCH3 is 1. The minimum Gasteiger partial charge on any atom is -0.497 e. The maximum absolute atomic E-state index is 13.8. The summed E-state index contributed by atoms with van der Waals surface area (Å²) in [6.07, 6.45) is 4.33. The number of hydrogen-bond acceptors (Lipinski definition) is 5. The van der Waals surface area contributed by atoms with Gasteiger partial charge in [-0.05, 0) is 69.0 Å². The van der Waals surface area contributed by atoms with E-state index in [0.29, 0.717) is 74.6 Å². The maximum atomic E-state index is 13.8. The van der Waals surface area contributed by atoms with Crippen LogP contribution in [-0.4, -0.2) is 54.2 Å². The van der Waals surface area contributed by atoms with Gasteiger partial charge in [-0.1, -0.05) is 11.6 Å². The number of ether oxygens (including phenoxy) is 1. The van der Waals surface area contributed by atoms with Crippen LogP contribution in [0.5, 0.6) is 5.75 Å². The Labute approximate surface area is 218 Å². The fourth-order valence-electron chi connectivity index (χ4n) is 5.01. The number of rotatable bonds is 10. The van der Waals surface area contributed by atoms with Gasteiger partial charge in [-0.2, -0.15) is 0 Å². The van der Waals surface area contributed by atoms with E-state index in [9.17, 15) is 23.1 Å². The number of carbonyl (C=O) groups is 1. The Balaban J connectivity index is 1.33. The molecule has 2 heterocycles. The van der Waals surface area contributed by atoms with Gasteiger partial charge in [0.1, 0.15) is 17.3 Å². The van der Waals surface area contributed by atoms with E-state index in [1.165, 1.54) is 0 Å². The lowest BCUT2D eigenvalue weighted by atomic mass is 9.74. The van der Waals surface area contributed by atoms with Gasteiger partial charge >= 0.3 is 5.97 Å². The van der Waals surface area contributed by atoms with Gasteiger partial charge < -0.3 is 20.1 Å². The normalized spacial score (nSPS) is 15.6. The van der Waals surface area contributed by atoms with Crippen molar-refractivity contribution in [3.63, 3.8) is 0 Å². The van der Waals surface area contributed by atoms with Crippen LogP contribution >= 0.6 is 11.6 Å². The zero-order valence-corrected chi connectivity index (χ0v) is 21.3. The highest BCUT2D eigenvalue weighted by atomic mass is 35.5. The lowest BCUT2D eigenvalue weighted by Gasteiger charge is -2.39. The van der Waals surface area contributed by atoms with E-state index in [1.807, 2.05) is 18.2 Å². The summed E-state index contributed by atoms with van der Waals surface area (Å²) >= 11 is 6.46. The number of anilines is 1. The molecule has 0 saturated carbocycles. The molecule has 10 heteroatoms. The number of hydrogen-bond donors (Lipinski definition) is 2. The van der Waals surface area contributed by atoms with E-state index in [0.717, 1.165) is 16.5 Å². The van der Waals surface area contributed by atoms with E-state index >= 15 is 0 Å². The first-order valence-electron chi connectivity index (χ1n) is 12.2. The van der Waals surface area contributed by atoms with E-state index < -0.39 is 28.8 Å². The monoisotopic (exact) mass is 535 g/mol. The van der Waals surface area contributed by atoms with Gasteiger partial charge in [0.15, 0.2) is 11.6 Å². The van der Waals surface area contributed by atoms with Crippen LogP contribution in [0.4, 0.5) is 18.9 Å². The molecule has 198 valence electrons. The van der Waals surface area contributed by atoms with Crippen molar-refractivity contribution < 1.29 is 27.8 Å². The van der Waals surface area contributed by atoms with Crippen molar-refractivity contribution in [2.45, 2.75) is 32.1 Å². The molecule has 3 aromatic rings. The number of nitrogens with one attached hydrogen (secondary N) is 1. The lowest BCUT2D eigenvalue weighted by molar-refractivity contribution is -0.152. The number of nitrogens with zero attached hydrogens (tertiary/aromatic N) is 2. The number of aromatic nitrogens is 1. The summed E-state index contributed by atoms with van der Waals surface area (Å²) in [6, 6.07) is 6.86. The zero-order valence-electron chi connectivity index (χ0n) is 20.5. The molecule has 0 unspecified atom stereocenters. The molecule has 1 aliphatic rings. The van der Waals surface area contributed by atoms with Crippen molar-refractivity contribution in [1.82, 2.24) is 9.88 Å². The largest absolute Gasteiger partial charge is 0.497 e. The molecule has 1 fully saturated rings. The smallest absolute Gasteiger partial charge is 0.309 e. The Hall–Kier alpha value is -3.04. The Bertz CT molecular complexity index is 1260. The SMILES string of the molecule is COc1ccc2ncc(Cl)c(CCCC3(C(=O)O)CCN(CCNc4c(F)cc(F)cc4F)CC3)c2c1. The first-order valence-corrected chi connectivity index (χ1v) is 12.6. The number of likely N-dealkylation sites (tertiary alicyclic amines) is 1. The molecule has 2 N–H and O–H groups in total. The van der Waals surface area contributed by atoms with Gasteiger partial charge in [0.05, 0.1) is 23.1 Å². The van der Waals surface area contributed by atoms with Crippen molar-refractivity contribution >= 4 is 34.2 Å². The minimum atomic E-state index is -0.985. The molecule has 0 radical (unpaired) electrons. The van der Waals surface area contributed by atoms with Crippen molar-refractivity contribution in [2.24, 2.45) is 5.41 Å². The number of carboxylic acid groups (broad SMARTS) is 1. The molecule has 1 saturated heterocycles. The first kappa shape index (κ1) is 27.0. The third kappa shape index (κ3) is 6.10. The zero-order chi connectivity index (χ0) is 26.6. The summed E-state index contributed by atoms with van der Waals surface area (Å²) in [6.45, 7) is 1.83. The molecular weight excluding hydrogens is 507 g/mol. The van der Waals surface area contributed by atoms with Crippen LogP contribution in [0, 0.1) is 22.9 Å². The molecule has 0 aliphatic carbocycles. The van der Waals surface area contributed by atoms with Crippen LogP contribution in [0.3, 0.4) is 0 Å². The second-order valence-corrected chi connectivity index (χ2v) is 9.83. The predicted octanol–water partition coefficient (Wildman–Crippen LogP) is 5.92.